The Morgan fingerprint density at radius 2 is 1.92 bits per heavy atom. The Balaban J connectivity index is 1.63. The van der Waals surface area contributed by atoms with E-state index in [4.69, 9.17) is 22.1 Å². The third kappa shape index (κ3) is 4.71. The Bertz CT molecular complexity index is 894. The molecule has 0 fully saturated rings. The number of halogens is 1. The number of nitrogens with one attached hydrogen (secondary N) is 1. The molecule has 0 aliphatic carbocycles. The molecule has 0 aliphatic rings. The van der Waals surface area contributed by atoms with Gasteiger partial charge < -0.3 is 15.8 Å². The van der Waals surface area contributed by atoms with E-state index < -0.39 is 18.0 Å². The molecule has 0 spiro atoms. The lowest BCUT2D eigenvalue weighted by Gasteiger charge is -2.17. The molecule has 8 heteroatoms. The van der Waals surface area contributed by atoms with E-state index in [9.17, 15) is 9.59 Å². The first-order valence-electron chi connectivity index (χ1n) is 7.83. The van der Waals surface area contributed by atoms with Gasteiger partial charge in [0.15, 0.2) is 0 Å². The van der Waals surface area contributed by atoms with Crippen molar-refractivity contribution >= 4 is 45.2 Å². The van der Waals surface area contributed by atoms with E-state index >= 15 is 0 Å². The third-order valence-electron chi connectivity index (χ3n) is 3.65. The maximum atomic E-state index is 12.2. The van der Waals surface area contributed by atoms with Crippen LogP contribution in [0.4, 0.5) is 4.79 Å². The lowest BCUT2D eigenvalue weighted by Crippen LogP contribution is -2.34. The summed E-state index contributed by atoms with van der Waals surface area (Å²) in [6, 6.07) is 13.2. The molecule has 26 heavy (non-hydrogen) atoms. The van der Waals surface area contributed by atoms with Gasteiger partial charge in [-0.1, -0.05) is 35.9 Å². The van der Waals surface area contributed by atoms with E-state index in [1.807, 2.05) is 24.3 Å². The van der Waals surface area contributed by atoms with Crippen molar-refractivity contribution in [3.8, 4) is 0 Å². The van der Waals surface area contributed by atoms with E-state index in [0.29, 0.717) is 15.6 Å². The van der Waals surface area contributed by atoms with Gasteiger partial charge in [0.25, 0.3) is 0 Å². The SMILES string of the molecule is NC(=O)N[C@H](CC(=O)OCc1nc2ccccc2s1)c1ccc(Cl)cc1. The molecule has 0 unspecified atom stereocenters. The number of ether oxygens (including phenoxy) is 1. The first-order chi connectivity index (χ1) is 12.5. The smallest absolute Gasteiger partial charge is 0.312 e. The first-order valence-corrected chi connectivity index (χ1v) is 9.02. The van der Waals surface area contributed by atoms with Crippen molar-refractivity contribution in [2.75, 3.05) is 0 Å². The van der Waals surface area contributed by atoms with Gasteiger partial charge in [0, 0.05) is 5.02 Å². The number of hydrogen-bond donors (Lipinski definition) is 2. The number of hydrogen-bond acceptors (Lipinski definition) is 5. The van der Waals surface area contributed by atoms with Gasteiger partial charge in [-0.05, 0) is 29.8 Å². The van der Waals surface area contributed by atoms with Crippen LogP contribution in [-0.2, 0) is 16.1 Å². The second-order valence-corrected chi connectivity index (χ2v) is 7.10. The van der Waals surface area contributed by atoms with Crippen molar-refractivity contribution < 1.29 is 14.3 Å². The average molecular weight is 390 g/mol. The second-order valence-electron chi connectivity index (χ2n) is 5.55. The van der Waals surface area contributed by atoms with Crippen molar-refractivity contribution in [1.29, 1.82) is 0 Å². The highest BCUT2D eigenvalue weighted by atomic mass is 35.5. The number of aromatic nitrogens is 1. The van der Waals surface area contributed by atoms with E-state index in [-0.39, 0.29) is 13.0 Å². The van der Waals surface area contributed by atoms with Crippen LogP contribution >= 0.6 is 22.9 Å². The maximum Gasteiger partial charge on any atom is 0.312 e. The number of carbonyl (C=O) groups is 2. The molecular weight excluding hydrogens is 374 g/mol. The van der Waals surface area contributed by atoms with Crippen LogP contribution in [0.1, 0.15) is 23.0 Å². The van der Waals surface area contributed by atoms with Crippen molar-refractivity contribution in [2.24, 2.45) is 5.73 Å². The van der Waals surface area contributed by atoms with E-state index in [1.165, 1.54) is 11.3 Å². The fourth-order valence-corrected chi connectivity index (χ4v) is 3.48. The standard InChI is InChI=1S/C18H16ClN3O3S/c19-12-7-5-11(6-8-12)14(22-18(20)24)9-17(23)25-10-16-21-13-3-1-2-4-15(13)26-16/h1-8,14H,9-10H2,(H3,20,22,24)/t14-/m1/s1. The molecule has 3 aromatic rings. The summed E-state index contributed by atoms with van der Waals surface area (Å²) in [5.74, 6) is -0.460. The lowest BCUT2D eigenvalue weighted by molar-refractivity contribution is -0.145. The molecule has 0 saturated heterocycles. The largest absolute Gasteiger partial charge is 0.458 e. The van der Waals surface area contributed by atoms with Gasteiger partial charge in [-0.15, -0.1) is 11.3 Å². The summed E-state index contributed by atoms with van der Waals surface area (Å²) in [7, 11) is 0. The fourth-order valence-electron chi connectivity index (χ4n) is 2.47. The molecule has 2 aromatic carbocycles. The molecular formula is C18H16ClN3O3S. The number of carbonyl (C=O) groups excluding carboxylic acids is 2. The number of nitrogens with zero attached hydrogens (tertiary/aromatic N) is 1. The van der Waals surface area contributed by atoms with Crippen LogP contribution in [0.15, 0.2) is 48.5 Å². The van der Waals surface area contributed by atoms with Crippen LogP contribution in [0, 0.1) is 0 Å². The highest BCUT2D eigenvalue weighted by Crippen LogP contribution is 2.23. The van der Waals surface area contributed by atoms with Crippen molar-refractivity contribution in [3.63, 3.8) is 0 Å². The molecule has 3 N–H and O–H groups in total. The fraction of sp³-hybridized carbons (Fsp3) is 0.167. The van der Waals surface area contributed by atoms with Crippen LogP contribution in [0.5, 0.6) is 0 Å². The Labute approximate surface area is 158 Å². The topological polar surface area (TPSA) is 94.3 Å². The zero-order chi connectivity index (χ0) is 18.5. The summed E-state index contributed by atoms with van der Waals surface area (Å²) in [6.45, 7) is 0.0854. The number of thiazole rings is 1. The minimum atomic E-state index is -0.719. The number of nitrogens with two attached hydrogens (primary N) is 1. The lowest BCUT2D eigenvalue weighted by atomic mass is 10.0. The monoisotopic (exact) mass is 389 g/mol. The normalized spacial score (nSPS) is 11.9. The summed E-state index contributed by atoms with van der Waals surface area (Å²) < 4.78 is 6.34. The van der Waals surface area contributed by atoms with Crippen molar-refractivity contribution in [2.45, 2.75) is 19.1 Å². The highest BCUT2D eigenvalue weighted by molar-refractivity contribution is 7.18. The van der Waals surface area contributed by atoms with E-state index in [2.05, 4.69) is 10.3 Å². The van der Waals surface area contributed by atoms with Crippen LogP contribution in [0.25, 0.3) is 10.2 Å². The van der Waals surface area contributed by atoms with Gasteiger partial charge in [-0.2, -0.15) is 0 Å². The van der Waals surface area contributed by atoms with Gasteiger partial charge >= 0.3 is 12.0 Å². The zero-order valence-electron chi connectivity index (χ0n) is 13.6. The first kappa shape index (κ1) is 18.2. The van der Waals surface area contributed by atoms with Crippen LogP contribution < -0.4 is 11.1 Å². The summed E-state index contributed by atoms with van der Waals surface area (Å²) >= 11 is 7.34. The quantitative estimate of drug-likeness (QED) is 0.627. The molecule has 0 bridgehead atoms. The van der Waals surface area contributed by atoms with Gasteiger partial charge in [-0.3, -0.25) is 4.79 Å². The third-order valence-corrected chi connectivity index (χ3v) is 4.92. The maximum absolute atomic E-state index is 12.2. The summed E-state index contributed by atoms with van der Waals surface area (Å²) in [5.41, 5.74) is 6.79. The molecule has 2 amide bonds. The molecule has 0 aliphatic heterocycles. The summed E-state index contributed by atoms with van der Waals surface area (Å²) in [4.78, 5) is 27.9. The molecule has 3 rings (SSSR count). The summed E-state index contributed by atoms with van der Waals surface area (Å²) in [5, 5.41) is 3.82. The van der Waals surface area contributed by atoms with Crippen molar-refractivity contribution in [1.82, 2.24) is 10.3 Å². The molecule has 1 aromatic heterocycles. The average Bonchev–Trinajstić information content (AvgIpc) is 3.03. The Morgan fingerprint density at radius 1 is 1.19 bits per heavy atom. The number of para-hydroxylation sites is 1. The number of rotatable bonds is 6. The van der Waals surface area contributed by atoms with Crippen LogP contribution in [-0.4, -0.2) is 17.0 Å². The number of amides is 2. The number of urea groups is 1. The predicted molar refractivity (Wildman–Crippen MR) is 101 cm³/mol. The van der Waals surface area contributed by atoms with E-state index in [1.54, 1.807) is 24.3 Å². The Hall–Kier alpha value is -2.64. The second kappa shape index (κ2) is 8.16. The molecule has 0 saturated carbocycles. The predicted octanol–water partition coefficient (Wildman–Crippen LogP) is 3.79. The van der Waals surface area contributed by atoms with Gasteiger partial charge in [-0.25, -0.2) is 9.78 Å². The number of benzene rings is 2. The minimum Gasteiger partial charge on any atom is -0.458 e. The molecule has 134 valence electrons. The number of fused-ring (bicyclic) bond motifs is 1. The number of esters is 1. The summed E-state index contributed by atoms with van der Waals surface area (Å²) in [6.07, 6.45) is -0.0462. The highest BCUT2D eigenvalue weighted by Gasteiger charge is 2.19. The molecule has 0 radical (unpaired) electrons. The van der Waals surface area contributed by atoms with Gasteiger partial charge in [0.1, 0.15) is 11.6 Å². The van der Waals surface area contributed by atoms with Crippen LogP contribution in [0.2, 0.25) is 5.02 Å². The zero-order valence-corrected chi connectivity index (χ0v) is 15.2. The van der Waals surface area contributed by atoms with Crippen LogP contribution in [0.3, 0.4) is 0 Å². The molecule has 1 atom stereocenters. The van der Waals surface area contributed by atoms with Gasteiger partial charge in [0.05, 0.1) is 22.7 Å². The Kier molecular flexibility index (Phi) is 5.70. The Morgan fingerprint density at radius 3 is 2.62 bits per heavy atom. The minimum absolute atomic E-state index is 0.0462. The molecule has 1 heterocycles. The van der Waals surface area contributed by atoms with Gasteiger partial charge in [0.2, 0.25) is 0 Å². The van der Waals surface area contributed by atoms with E-state index in [0.717, 1.165) is 10.2 Å². The number of primary amides is 1. The van der Waals surface area contributed by atoms with Crippen molar-refractivity contribution in [3.05, 3.63) is 64.1 Å². The molecule has 6 nitrogen and oxygen atoms in total.